The molecule has 1 aromatic heterocycles. The van der Waals surface area contributed by atoms with Gasteiger partial charge in [-0.15, -0.1) is 0 Å². The van der Waals surface area contributed by atoms with Crippen molar-refractivity contribution in [1.82, 2.24) is 15.8 Å². The van der Waals surface area contributed by atoms with Gasteiger partial charge in [-0.3, -0.25) is 9.59 Å². The Morgan fingerprint density at radius 2 is 2.15 bits per heavy atom. The highest BCUT2D eigenvalue weighted by Gasteiger charge is 2.24. The quantitative estimate of drug-likeness (QED) is 0.870. The van der Waals surface area contributed by atoms with E-state index in [1.54, 1.807) is 6.07 Å². The Balaban J connectivity index is 1.70. The summed E-state index contributed by atoms with van der Waals surface area (Å²) < 4.78 is 5.16. The summed E-state index contributed by atoms with van der Waals surface area (Å²) in [5.74, 6) is 0.147. The van der Waals surface area contributed by atoms with Crippen LogP contribution >= 0.6 is 0 Å². The molecule has 0 saturated carbocycles. The topological polar surface area (TPSA) is 84.2 Å². The monoisotopic (exact) mass is 271 g/mol. The zero-order valence-electron chi connectivity index (χ0n) is 10.6. The van der Waals surface area contributed by atoms with Gasteiger partial charge in [0.05, 0.1) is 6.04 Å². The van der Waals surface area contributed by atoms with Crippen LogP contribution in [-0.4, -0.2) is 29.6 Å². The van der Waals surface area contributed by atoms with E-state index in [-0.39, 0.29) is 23.6 Å². The number of hydrogen-bond donors (Lipinski definition) is 2. The number of aromatic nitrogens is 1. The van der Waals surface area contributed by atoms with E-state index >= 15 is 0 Å². The van der Waals surface area contributed by atoms with Gasteiger partial charge >= 0.3 is 0 Å². The number of rotatable bonds is 3. The fourth-order valence-corrected chi connectivity index (χ4v) is 2.09. The second kappa shape index (κ2) is 5.16. The summed E-state index contributed by atoms with van der Waals surface area (Å²) in [6.45, 7) is 0.452. The predicted molar refractivity (Wildman–Crippen MR) is 70.8 cm³/mol. The second-order valence-corrected chi connectivity index (χ2v) is 4.62. The first-order valence-corrected chi connectivity index (χ1v) is 6.32. The molecule has 6 nitrogen and oxygen atoms in total. The van der Waals surface area contributed by atoms with Crippen molar-refractivity contribution in [3.05, 3.63) is 42.1 Å². The van der Waals surface area contributed by atoms with Crippen LogP contribution in [0.25, 0.3) is 11.3 Å². The zero-order valence-corrected chi connectivity index (χ0v) is 10.6. The molecule has 0 bridgehead atoms. The molecule has 1 aliphatic heterocycles. The van der Waals surface area contributed by atoms with Crippen molar-refractivity contribution in [1.29, 1.82) is 0 Å². The molecule has 0 unspecified atom stereocenters. The Morgan fingerprint density at radius 3 is 2.85 bits per heavy atom. The van der Waals surface area contributed by atoms with E-state index < -0.39 is 0 Å². The summed E-state index contributed by atoms with van der Waals surface area (Å²) in [4.78, 5) is 23.0. The normalized spacial score (nSPS) is 17.8. The number of carbonyl (C=O) groups excluding carboxylic acids is 2. The smallest absolute Gasteiger partial charge is 0.273 e. The largest absolute Gasteiger partial charge is 0.355 e. The lowest BCUT2D eigenvalue weighted by molar-refractivity contribution is -0.119. The Kier molecular flexibility index (Phi) is 3.20. The van der Waals surface area contributed by atoms with Gasteiger partial charge in [0.1, 0.15) is 0 Å². The maximum atomic E-state index is 12.0. The fourth-order valence-electron chi connectivity index (χ4n) is 2.09. The first-order chi connectivity index (χ1) is 9.72. The highest BCUT2D eigenvalue weighted by Crippen LogP contribution is 2.19. The van der Waals surface area contributed by atoms with Crippen LogP contribution in [-0.2, 0) is 4.79 Å². The summed E-state index contributed by atoms with van der Waals surface area (Å²) in [5, 5.41) is 9.17. The minimum absolute atomic E-state index is 0.0552. The standard InChI is InChI=1S/C14H13N3O3/c18-13-6-10(8-15-13)16-14(19)11-7-12(20-17-11)9-4-2-1-3-5-9/h1-5,7,10H,6,8H2,(H,15,18)(H,16,19)/t10-/m0/s1. The third kappa shape index (κ3) is 2.54. The highest BCUT2D eigenvalue weighted by atomic mass is 16.5. The molecule has 0 spiro atoms. The molecule has 0 radical (unpaired) electrons. The third-order valence-electron chi connectivity index (χ3n) is 3.11. The van der Waals surface area contributed by atoms with Crippen molar-refractivity contribution in [2.45, 2.75) is 12.5 Å². The zero-order chi connectivity index (χ0) is 13.9. The molecule has 2 amide bonds. The molecule has 2 heterocycles. The van der Waals surface area contributed by atoms with Crippen LogP contribution in [0.4, 0.5) is 0 Å². The van der Waals surface area contributed by atoms with Gasteiger partial charge in [-0.25, -0.2) is 0 Å². The van der Waals surface area contributed by atoms with Gasteiger partial charge in [-0.1, -0.05) is 35.5 Å². The molecule has 20 heavy (non-hydrogen) atoms. The van der Waals surface area contributed by atoms with Crippen LogP contribution in [0, 0.1) is 0 Å². The molecule has 3 rings (SSSR count). The Morgan fingerprint density at radius 1 is 1.35 bits per heavy atom. The number of amides is 2. The van der Waals surface area contributed by atoms with Crippen molar-refractivity contribution < 1.29 is 14.1 Å². The summed E-state index contributed by atoms with van der Waals surface area (Å²) in [5.41, 5.74) is 1.07. The number of nitrogens with zero attached hydrogens (tertiary/aromatic N) is 1. The maximum absolute atomic E-state index is 12.0. The van der Waals surface area contributed by atoms with Gasteiger partial charge in [0.2, 0.25) is 5.91 Å². The minimum atomic E-state index is -0.336. The average Bonchev–Trinajstić information content (AvgIpc) is 3.09. The van der Waals surface area contributed by atoms with E-state index in [4.69, 9.17) is 4.52 Å². The summed E-state index contributed by atoms with van der Waals surface area (Å²) in [6.07, 6.45) is 0.301. The molecule has 1 aliphatic rings. The molecule has 1 atom stereocenters. The van der Waals surface area contributed by atoms with E-state index in [2.05, 4.69) is 15.8 Å². The van der Waals surface area contributed by atoms with Crippen molar-refractivity contribution in [2.24, 2.45) is 0 Å². The SMILES string of the molecule is O=C1C[C@H](NC(=O)c2cc(-c3ccccc3)on2)CN1. The Labute approximate surface area is 115 Å². The number of hydrogen-bond acceptors (Lipinski definition) is 4. The van der Waals surface area contributed by atoms with Crippen LogP contribution in [0.5, 0.6) is 0 Å². The van der Waals surface area contributed by atoms with Crippen molar-refractivity contribution in [2.75, 3.05) is 6.54 Å². The van der Waals surface area contributed by atoms with Gasteiger partial charge in [-0.05, 0) is 0 Å². The number of carbonyl (C=O) groups is 2. The second-order valence-electron chi connectivity index (χ2n) is 4.62. The molecule has 2 aromatic rings. The minimum Gasteiger partial charge on any atom is -0.355 e. The van der Waals surface area contributed by atoms with Gasteiger partial charge in [-0.2, -0.15) is 0 Å². The van der Waals surface area contributed by atoms with E-state index in [1.165, 1.54) is 0 Å². The van der Waals surface area contributed by atoms with Gasteiger partial charge < -0.3 is 15.2 Å². The summed E-state index contributed by atoms with van der Waals surface area (Å²) in [6, 6.07) is 10.8. The average molecular weight is 271 g/mol. The lowest BCUT2D eigenvalue weighted by Crippen LogP contribution is -2.36. The van der Waals surface area contributed by atoms with Crippen molar-refractivity contribution >= 4 is 11.8 Å². The van der Waals surface area contributed by atoms with E-state index in [9.17, 15) is 9.59 Å². The molecule has 102 valence electrons. The fraction of sp³-hybridized carbons (Fsp3) is 0.214. The van der Waals surface area contributed by atoms with Crippen LogP contribution in [0.1, 0.15) is 16.9 Å². The Bertz CT molecular complexity index is 636. The molecule has 2 N–H and O–H groups in total. The number of benzene rings is 1. The molecular formula is C14H13N3O3. The van der Waals surface area contributed by atoms with Crippen LogP contribution < -0.4 is 10.6 Å². The molecule has 1 fully saturated rings. The third-order valence-corrected chi connectivity index (χ3v) is 3.11. The molecular weight excluding hydrogens is 258 g/mol. The molecule has 1 aromatic carbocycles. The first kappa shape index (κ1) is 12.4. The van der Waals surface area contributed by atoms with E-state index in [0.29, 0.717) is 18.7 Å². The van der Waals surface area contributed by atoms with Gasteiger partial charge in [0.25, 0.3) is 5.91 Å². The summed E-state index contributed by atoms with van der Waals surface area (Å²) >= 11 is 0. The highest BCUT2D eigenvalue weighted by molar-refractivity contribution is 5.94. The maximum Gasteiger partial charge on any atom is 0.273 e. The summed E-state index contributed by atoms with van der Waals surface area (Å²) in [7, 11) is 0. The molecule has 6 heteroatoms. The van der Waals surface area contributed by atoms with Crippen molar-refractivity contribution in [3.8, 4) is 11.3 Å². The molecule has 0 aliphatic carbocycles. The van der Waals surface area contributed by atoms with Crippen LogP contribution in [0.2, 0.25) is 0 Å². The first-order valence-electron chi connectivity index (χ1n) is 6.32. The molecule has 1 saturated heterocycles. The van der Waals surface area contributed by atoms with E-state index in [0.717, 1.165) is 5.56 Å². The van der Waals surface area contributed by atoms with E-state index in [1.807, 2.05) is 30.3 Å². The van der Waals surface area contributed by atoms with Crippen LogP contribution in [0.3, 0.4) is 0 Å². The van der Waals surface area contributed by atoms with Crippen molar-refractivity contribution in [3.63, 3.8) is 0 Å². The lowest BCUT2D eigenvalue weighted by atomic mass is 10.1. The Hall–Kier alpha value is -2.63. The lowest BCUT2D eigenvalue weighted by Gasteiger charge is -2.07. The number of nitrogens with one attached hydrogen (secondary N) is 2. The van der Waals surface area contributed by atoms with Crippen LogP contribution in [0.15, 0.2) is 40.9 Å². The predicted octanol–water partition coefficient (Wildman–Crippen LogP) is 0.960. The van der Waals surface area contributed by atoms with Gasteiger partial charge in [0.15, 0.2) is 11.5 Å². The van der Waals surface area contributed by atoms with Gasteiger partial charge in [0, 0.05) is 24.6 Å².